The van der Waals surface area contributed by atoms with Crippen LogP contribution in [0.3, 0.4) is 0 Å². The number of carbonyl (C=O) groups excluding carboxylic acids is 2. The Kier molecular flexibility index (Phi) is 7.39. The molecule has 1 N–H and O–H groups in total. The van der Waals surface area contributed by atoms with E-state index in [4.69, 9.17) is 9.47 Å². The van der Waals surface area contributed by atoms with Gasteiger partial charge in [-0.25, -0.2) is 0 Å². The van der Waals surface area contributed by atoms with Gasteiger partial charge in [-0.05, 0) is 53.3 Å². The number of benzene rings is 3. The summed E-state index contributed by atoms with van der Waals surface area (Å²) in [7, 11) is 1.50. The first kappa shape index (κ1) is 26.0. The first-order chi connectivity index (χ1) is 17.7. The van der Waals surface area contributed by atoms with Gasteiger partial charge in [-0.1, -0.05) is 69.3 Å². The van der Waals surface area contributed by atoms with Crippen LogP contribution in [-0.2, 0) is 21.5 Å². The van der Waals surface area contributed by atoms with Crippen molar-refractivity contribution in [3.8, 4) is 11.5 Å². The second kappa shape index (κ2) is 10.5. The number of carbonyl (C=O) groups is 2. The molecule has 0 aromatic heterocycles. The molecular formula is C31H33NO5. The van der Waals surface area contributed by atoms with Gasteiger partial charge in [0, 0.05) is 6.54 Å². The molecule has 1 saturated heterocycles. The van der Waals surface area contributed by atoms with Crippen molar-refractivity contribution in [1.29, 1.82) is 0 Å². The molecule has 0 bridgehead atoms. The Balaban J connectivity index is 1.86. The molecule has 4 rings (SSSR count). The molecule has 1 aliphatic rings. The highest BCUT2D eigenvalue weighted by Gasteiger charge is 2.46. The van der Waals surface area contributed by atoms with Crippen molar-refractivity contribution in [2.24, 2.45) is 0 Å². The molecule has 1 unspecified atom stereocenters. The number of amides is 1. The molecule has 6 nitrogen and oxygen atoms in total. The maximum atomic E-state index is 13.4. The van der Waals surface area contributed by atoms with Gasteiger partial charge >= 0.3 is 0 Å². The first-order valence-electron chi connectivity index (χ1n) is 12.4. The number of hydrogen-bond donors (Lipinski definition) is 1. The van der Waals surface area contributed by atoms with E-state index in [1.54, 1.807) is 24.3 Å². The number of hydrogen-bond acceptors (Lipinski definition) is 5. The topological polar surface area (TPSA) is 76.1 Å². The molecule has 1 heterocycles. The Morgan fingerprint density at radius 1 is 0.973 bits per heavy atom. The van der Waals surface area contributed by atoms with Crippen LogP contribution in [-0.4, -0.2) is 35.4 Å². The number of methoxy groups -OCH3 is 1. The highest BCUT2D eigenvalue weighted by molar-refractivity contribution is 6.46. The van der Waals surface area contributed by atoms with E-state index >= 15 is 0 Å². The van der Waals surface area contributed by atoms with Crippen molar-refractivity contribution in [3.63, 3.8) is 0 Å². The molecular weight excluding hydrogens is 466 g/mol. The lowest BCUT2D eigenvalue weighted by atomic mass is 9.85. The summed E-state index contributed by atoms with van der Waals surface area (Å²) in [6.07, 6.45) is 0. The molecule has 6 heteroatoms. The summed E-state index contributed by atoms with van der Waals surface area (Å²) in [6, 6.07) is 21.5. The molecule has 1 aliphatic heterocycles. The van der Waals surface area contributed by atoms with Gasteiger partial charge in [0.05, 0.1) is 30.9 Å². The Bertz CT molecular complexity index is 1330. The van der Waals surface area contributed by atoms with E-state index in [0.717, 1.165) is 16.7 Å². The van der Waals surface area contributed by atoms with Crippen LogP contribution >= 0.6 is 0 Å². The molecule has 192 valence electrons. The van der Waals surface area contributed by atoms with Gasteiger partial charge in [0.2, 0.25) is 0 Å². The first-order valence-corrected chi connectivity index (χ1v) is 12.4. The van der Waals surface area contributed by atoms with Crippen molar-refractivity contribution >= 4 is 17.4 Å². The van der Waals surface area contributed by atoms with E-state index in [9.17, 15) is 14.7 Å². The number of aliphatic hydroxyl groups excluding tert-OH is 1. The summed E-state index contributed by atoms with van der Waals surface area (Å²) in [5.41, 5.74) is 3.03. The lowest BCUT2D eigenvalue weighted by Gasteiger charge is -2.27. The number of Topliss-reactive ketones (excluding diaryl/α,β-unsaturated/α-hetero) is 1. The SMILES string of the molecule is CCOc1cccc(CN2C(=O)C(=O)/C(=C(\O)c3ccccc3OC)C2c2ccc(C(C)(C)C)cc2)c1. The monoisotopic (exact) mass is 499 g/mol. The van der Waals surface area contributed by atoms with Gasteiger partial charge in [-0.3, -0.25) is 9.59 Å². The molecule has 3 aromatic rings. The van der Waals surface area contributed by atoms with Crippen molar-refractivity contribution < 1.29 is 24.2 Å². The lowest BCUT2D eigenvalue weighted by molar-refractivity contribution is -0.140. The molecule has 37 heavy (non-hydrogen) atoms. The van der Waals surface area contributed by atoms with Crippen LogP contribution in [0.4, 0.5) is 0 Å². The Labute approximate surface area is 218 Å². The van der Waals surface area contributed by atoms with Gasteiger partial charge in [0.1, 0.15) is 17.3 Å². The van der Waals surface area contributed by atoms with Crippen LogP contribution in [0.15, 0.2) is 78.4 Å². The second-order valence-corrected chi connectivity index (χ2v) is 10.1. The Hall–Kier alpha value is -4.06. The van der Waals surface area contributed by atoms with E-state index < -0.39 is 17.7 Å². The van der Waals surface area contributed by atoms with Crippen LogP contribution in [0.5, 0.6) is 11.5 Å². The largest absolute Gasteiger partial charge is 0.507 e. The Morgan fingerprint density at radius 2 is 1.68 bits per heavy atom. The van der Waals surface area contributed by atoms with Crippen molar-refractivity contribution in [1.82, 2.24) is 4.90 Å². The molecule has 0 spiro atoms. The van der Waals surface area contributed by atoms with E-state index in [0.29, 0.717) is 23.7 Å². The van der Waals surface area contributed by atoms with Crippen LogP contribution in [0.1, 0.15) is 56.0 Å². The molecule has 0 radical (unpaired) electrons. The zero-order valence-corrected chi connectivity index (χ0v) is 21.9. The third-order valence-electron chi connectivity index (χ3n) is 6.56. The molecule has 1 fully saturated rings. The van der Waals surface area contributed by atoms with Crippen molar-refractivity contribution in [2.75, 3.05) is 13.7 Å². The minimum Gasteiger partial charge on any atom is -0.507 e. The zero-order valence-electron chi connectivity index (χ0n) is 21.9. The Morgan fingerprint density at radius 3 is 2.32 bits per heavy atom. The number of rotatable bonds is 7. The number of aliphatic hydroxyl groups is 1. The minimum absolute atomic E-state index is 0.0407. The highest BCUT2D eigenvalue weighted by Crippen LogP contribution is 2.42. The highest BCUT2D eigenvalue weighted by atomic mass is 16.5. The average molecular weight is 500 g/mol. The predicted molar refractivity (Wildman–Crippen MR) is 144 cm³/mol. The number of ether oxygens (including phenoxy) is 2. The summed E-state index contributed by atoms with van der Waals surface area (Å²) in [6.45, 7) is 8.99. The van der Waals surface area contributed by atoms with Crippen LogP contribution < -0.4 is 9.47 Å². The quantitative estimate of drug-likeness (QED) is 0.245. The number of nitrogens with zero attached hydrogens (tertiary/aromatic N) is 1. The van der Waals surface area contributed by atoms with Gasteiger partial charge in [-0.15, -0.1) is 0 Å². The molecule has 1 amide bonds. The molecule has 0 aliphatic carbocycles. The van der Waals surface area contributed by atoms with E-state index in [1.807, 2.05) is 55.5 Å². The number of likely N-dealkylation sites (tertiary alicyclic amines) is 1. The summed E-state index contributed by atoms with van der Waals surface area (Å²) >= 11 is 0. The van der Waals surface area contributed by atoms with Gasteiger partial charge < -0.3 is 19.5 Å². The van der Waals surface area contributed by atoms with Crippen LogP contribution in [0, 0.1) is 0 Å². The fourth-order valence-electron chi connectivity index (χ4n) is 4.64. The maximum absolute atomic E-state index is 13.4. The normalized spacial score (nSPS) is 17.2. The summed E-state index contributed by atoms with van der Waals surface area (Å²) in [5, 5.41) is 11.4. The molecule has 3 aromatic carbocycles. The van der Waals surface area contributed by atoms with E-state index in [2.05, 4.69) is 20.8 Å². The number of para-hydroxylation sites is 1. The van der Waals surface area contributed by atoms with Crippen LogP contribution in [0.25, 0.3) is 5.76 Å². The zero-order chi connectivity index (χ0) is 26.7. The van der Waals surface area contributed by atoms with Crippen LogP contribution in [0.2, 0.25) is 0 Å². The fourth-order valence-corrected chi connectivity index (χ4v) is 4.64. The van der Waals surface area contributed by atoms with Gasteiger partial charge in [0.25, 0.3) is 11.7 Å². The lowest BCUT2D eigenvalue weighted by Crippen LogP contribution is -2.29. The molecule has 1 atom stereocenters. The summed E-state index contributed by atoms with van der Waals surface area (Å²) in [4.78, 5) is 28.3. The van der Waals surface area contributed by atoms with E-state index in [1.165, 1.54) is 12.0 Å². The summed E-state index contributed by atoms with van der Waals surface area (Å²) in [5.74, 6) is -0.544. The smallest absolute Gasteiger partial charge is 0.295 e. The standard InChI is InChI=1S/C31H33NO5/c1-6-37-23-11-9-10-20(18-23)19-32-27(21-14-16-22(17-15-21)31(2,3)4)26(29(34)30(32)35)28(33)24-12-7-8-13-25(24)36-5/h7-18,27,33H,6,19H2,1-5H3/b28-26-. The molecule has 0 saturated carbocycles. The fraction of sp³-hybridized carbons (Fsp3) is 0.290. The van der Waals surface area contributed by atoms with Crippen molar-refractivity contribution in [3.05, 3.63) is 101 Å². The second-order valence-electron chi connectivity index (χ2n) is 10.1. The summed E-state index contributed by atoms with van der Waals surface area (Å²) < 4.78 is 11.0. The van der Waals surface area contributed by atoms with Gasteiger partial charge in [0.15, 0.2) is 0 Å². The minimum atomic E-state index is -0.769. The predicted octanol–water partition coefficient (Wildman–Crippen LogP) is 6.01. The van der Waals surface area contributed by atoms with E-state index in [-0.39, 0.29) is 23.3 Å². The third-order valence-corrected chi connectivity index (χ3v) is 6.56. The van der Waals surface area contributed by atoms with Crippen molar-refractivity contribution in [2.45, 2.75) is 45.7 Å². The average Bonchev–Trinajstić information content (AvgIpc) is 3.13. The number of ketones is 1. The maximum Gasteiger partial charge on any atom is 0.295 e. The third kappa shape index (κ3) is 5.24. The van der Waals surface area contributed by atoms with Gasteiger partial charge in [-0.2, -0.15) is 0 Å².